The van der Waals surface area contributed by atoms with Crippen molar-refractivity contribution in [3.63, 3.8) is 0 Å². The number of methoxy groups -OCH3 is 1. The number of nitrogens with one attached hydrogen (secondary N) is 1. The van der Waals surface area contributed by atoms with Crippen LogP contribution in [0.4, 0.5) is 5.69 Å². The Bertz CT molecular complexity index is 451. The first kappa shape index (κ1) is 16.7. The van der Waals surface area contributed by atoms with Crippen molar-refractivity contribution >= 4 is 23.4 Å². The van der Waals surface area contributed by atoms with E-state index in [4.69, 9.17) is 10.5 Å². The monoisotopic (exact) mass is 296 g/mol. The summed E-state index contributed by atoms with van der Waals surface area (Å²) in [5, 5.41) is 3.01. The van der Waals surface area contributed by atoms with E-state index >= 15 is 0 Å². The molecule has 0 saturated heterocycles. The maximum Gasteiger partial charge on any atom is 0.251 e. The summed E-state index contributed by atoms with van der Waals surface area (Å²) >= 11 is 1.81. The highest BCUT2D eigenvalue weighted by Crippen LogP contribution is 2.29. The molecule has 0 spiro atoms. The van der Waals surface area contributed by atoms with Crippen molar-refractivity contribution in [2.75, 3.05) is 25.6 Å². The number of hydrogen-bond donors (Lipinski definition) is 2. The van der Waals surface area contributed by atoms with Gasteiger partial charge in [0, 0.05) is 16.9 Å². The molecule has 0 aliphatic heterocycles. The highest BCUT2D eigenvalue weighted by atomic mass is 32.2. The number of benzene rings is 1. The fourth-order valence-electron chi connectivity index (χ4n) is 2.06. The zero-order valence-electron chi connectivity index (χ0n) is 12.7. The van der Waals surface area contributed by atoms with Gasteiger partial charge in [0.05, 0.1) is 12.8 Å². The van der Waals surface area contributed by atoms with Crippen LogP contribution in [0.5, 0.6) is 5.75 Å². The fourth-order valence-corrected chi connectivity index (χ4v) is 2.85. The number of carbonyl (C=O) groups excluding carboxylic acids is 1. The standard InChI is InChI=1S/C15H24N2O2S/c1-5-15(6-2,20-4)10-17-14(18)11-7-8-12(16)13(9-11)19-3/h7-9H,5-6,10,16H2,1-4H3,(H,17,18). The lowest BCUT2D eigenvalue weighted by molar-refractivity contribution is 0.0948. The van der Waals surface area contributed by atoms with Crippen LogP contribution in [0, 0.1) is 0 Å². The van der Waals surface area contributed by atoms with Crippen LogP contribution < -0.4 is 15.8 Å². The molecule has 20 heavy (non-hydrogen) atoms. The summed E-state index contributed by atoms with van der Waals surface area (Å²) in [6, 6.07) is 5.07. The molecule has 5 heteroatoms. The molecule has 0 heterocycles. The van der Waals surface area contributed by atoms with Crippen LogP contribution in [0.1, 0.15) is 37.0 Å². The quantitative estimate of drug-likeness (QED) is 0.759. The first-order valence-electron chi connectivity index (χ1n) is 6.78. The zero-order chi connectivity index (χ0) is 15.2. The summed E-state index contributed by atoms with van der Waals surface area (Å²) in [4.78, 5) is 12.2. The molecule has 4 nitrogen and oxygen atoms in total. The van der Waals surface area contributed by atoms with Crippen molar-refractivity contribution in [2.45, 2.75) is 31.4 Å². The summed E-state index contributed by atoms with van der Waals surface area (Å²) in [5.74, 6) is 0.434. The van der Waals surface area contributed by atoms with Crippen LogP contribution >= 0.6 is 11.8 Å². The van der Waals surface area contributed by atoms with Crippen molar-refractivity contribution in [2.24, 2.45) is 0 Å². The van der Waals surface area contributed by atoms with E-state index in [0.717, 1.165) is 12.8 Å². The molecule has 1 aromatic rings. The van der Waals surface area contributed by atoms with Crippen LogP contribution in [-0.4, -0.2) is 30.6 Å². The third-order valence-corrected chi connectivity index (χ3v) is 5.38. The van der Waals surface area contributed by atoms with Gasteiger partial charge in [-0.25, -0.2) is 0 Å². The predicted molar refractivity (Wildman–Crippen MR) is 86.6 cm³/mol. The van der Waals surface area contributed by atoms with E-state index in [-0.39, 0.29) is 10.7 Å². The molecule has 1 aromatic carbocycles. The fraction of sp³-hybridized carbons (Fsp3) is 0.533. The van der Waals surface area contributed by atoms with Gasteiger partial charge in [0.1, 0.15) is 5.75 Å². The number of ether oxygens (including phenoxy) is 1. The Labute approximate surface area is 125 Å². The van der Waals surface area contributed by atoms with Crippen LogP contribution in [0.3, 0.4) is 0 Å². The summed E-state index contributed by atoms with van der Waals surface area (Å²) < 4.78 is 5.24. The first-order chi connectivity index (χ1) is 9.51. The molecule has 0 aliphatic rings. The van der Waals surface area contributed by atoms with E-state index in [9.17, 15) is 4.79 Å². The molecule has 0 bridgehead atoms. The van der Waals surface area contributed by atoms with Gasteiger partial charge >= 0.3 is 0 Å². The molecule has 0 aromatic heterocycles. The van der Waals surface area contributed by atoms with Gasteiger partial charge in [0.25, 0.3) is 5.91 Å². The number of rotatable bonds is 7. The number of thioether (sulfide) groups is 1. The molecule has 0 unspecified atom stereocenters. The molecular weight excluding hydrogens is 272 g/mol. The molecular formula is C15H24N2O2S. The van der Waals surface area contributed by atoms with Crippen molar-refractivity contribution in [1.82, 2.24) is 5.32 Å². The Morgan fingerprint density at radius 1 is 1.40 bits per heavy atom. The lowest BCUT2D eigenvalue weighted by Crippen LogP contribution is -2.39. The summed E-state index contributed by atoms with van der Waals surface area (Å²) in [5.41, 5.74) is 6.85. The second kappa shape index (κ2) is 7.43. The van der Waals surface area contributed by atoms with Gasteiger partial charge < -0.3 is 15.8 Å². The van der Waals surface area contributed by atoms with E-state index in [2.05, 4.69) is 25.4 Å². The third-order valence-electron chi connectivity index (χ3n) is 3.79. The zero-order valence-corrected chi connectivity index (χ0v) is 13.5. The predicted octanol–water partition coefficient (Wildman–Crippen LogP) is 2.93. The van der Waals surface area contributed by atoms with E-state index in [0.29, 0.717) is 23.5 Å². The minimum absolute atomic E-state index is 0.0939. The summed E-state index contributed by atoms with van der Waals surface area (Å²) in [6.45, 7) is 4.96. The number of hydrogen-bond acceptors (Lipinski definition) is 4. The van der Waals surface area contributed by atoms with E-state index in [1.54, 1.807) is 37.1 Å². The highest BCUT2D eigenvalue weighted by Gasteiger charge is 2.25. The SMILES string of the molecule is CCC(CC)(CNC(=O)c1ccc(N)c(OC)c1)SC. The molecule has 0 fully saturated rings. The van der Waals surface area contributed by atoms with Gasteiger partial charge in [-0.1, -0.05) is 13.8 Å². The topological polar surface area (TPSA) is 64.4 Å². The molecule has 3 N–H and O–H groups in total. The van der Waals surface area contributed by atoms with Crippen LogP contribution in [0.2, 0.25) is 0 Å². The molecule has 0 radical (unpaired) electrons. The Hall–Kier alpha value is -1.36. The third kappa shape index (κ3) is 3.82. The Morgan fingerprint density at radius 2 is 2.05 bits per heavy atom. The van der Waals surface area contributed by atoms with E-state index in [1.165, 1.54) is 0 Å². The summed E-state index contributed by atoms with van der Waals surface area (Å²) in [7, 11) is 1.54. The molecule has 0 saturated carbocycles. The lowest BCUT2D eigenvalue weighted by atomic mass is 10.0. The number of carbonyl (C=O) groups is 1. The second-order valence-corrected chi connectivity index (χ2v) is 6.01. The minimum Gasteiger partial charge on any atom is -0.495 e. The van der Waals surface area contributed by atoms with Crippen LogP contribution in [0.25, 0.3) is 0 Å². The number of anilines is 1. The van der Waals surface area contributed by atoms with Crippen molar-refractivity contribution < 1.29 is 9.53 Å². The number of nitrogen functional groups attached to an aromatic ring is 1. The molecule has 1 amide bonds. The summed E-state index contributed by atoms with van der Waals surface area (Å²) in [6.07, 6.45) is 4.14. The van der Waals surface area contributed by atoms with Crippen LogP contribution in [0.15, 0.2) is 18.2 Å². The average Bonchev–Trinajstić information content (AvgIpc) is 2.49. The Balaban J connectivity index is 2.76. The highest BCUT2D eigenvalue weighted by molar-refractivity contribution is 8.00. The van der Waals surface area contributed by atoms with Gasteiger partial charge in [0.15, 0.2) is 0 Å². The van der Waals surface area contributed by atoms with E-state index < -0.39 is 0 Å². The minimum atomic E-state index is -0.0939. The number of nitrogens with two attached hydrogens (primary N) is 1. The molecule has 112 valence electrons. The molecule has 0 atom stereocenters. The van der Waals surface area contributed by atoms with Gasteiger partial charge in [-0.3, -0.25) is 4.79 Å². The van der Waals surface area contributed by atoms with Crippen molar-refractivity contribution in [1.29, 1.82) is 0 Å². The van der Waals surface area contributed by atoms with Crippen LogP contribution in [-0.2, 0) is 0 Å². The van der Waals surface area contributed by atoms with Gasteiger partial charge in [-0.15, -0.1) is 0 Å². The van der Waals surface area contributed by atoms with Gasteiger partial charge in [-0.05, 0) is 37.3 Å². The average molecular weight is 296 g/mol. The normalized spacial score (nSPS) is 11.2. The van der Waals surface area contributed by atoms with Crippen molar-refractivity contribution in [3.05, 3.63) is 23.8 Å². The maximum atomic E-state index is 12.2. The molecule has 1 rings (SSSR count). The first-order valence-corrected chi connectivity index (χ1v) is 8.01. The van der Waals surface area contributed by atoms with Gasteiger partial charge in [0.2, 0.25) is 0 Å². The largest absolute Gasteiger partial charge is 0.495 e. The number of amides is 1. The molecule has 0 aliphatic carbocycles. The van der Waals surface area contributed by atoms with Gasteiger partial charge in [-0.2, -0.15) is 11.8 Å². The Kier molecular flexibility index (Phi) is 6.20. The smallest absolute Gasteiger partial charge is 0.251 e. The van der Waals surface area contributed by atoms with Crippen molar-refractivity contribution in [3.8, 4) is 5.75 Å². The maximum absolute atomic E-state index is 12.2. The second-order valence-electron chi connectivity index (χ2n) is 4.73. The van der Waals surface area contributed by atoms with E-state index in [1.807, 2.05) is 0 Å². The lowest BCUT2D eigenvalue weighted by Gasteiger charge is -2.29. The Morgan fingerprint density at radius 3 is 2.55 bits per heavy atom.